The summed E-state index contributed by atoms with van der Waals surface area (Å²) in [7, 11) is 0. The molecule has 1 aliphatic rings. The molecule has 33 heavy (non-hydrogen) atoms. The van der Waals surface area contributed by atoms with E-state index in [1.165, 1.54) is 57.4 Å². The Morgan fingerprint density at radius 3 is 2.30 bits per heavy atom. The molecule has 8 heteroatoms. The second-order valence-electron chi connectivity index (χ2n) is 8.19. The summed E-state index contributed by atoms with van der Waals surface area (Å²) in [5, 5.41) is 3.05. The van der Waals surface area contributed by atoms with Gasteiger partial charge in [0.15, 0.2) is 0 Å². The van der Waals surface area contributed by atoms with Crippen molar-refractivity contribution in [2.24, 2.45) is 0 Å². The summed E-state index contributed by atoms with van der Waals surface area (Å²) < 4.78 is 5.33. The van der Waals surface area contributed by atoms with Gasteiger partial charge < -0.3 is 14.9 Å². The molecular weight excluding hydrogens is 476 g/mol. The number of carbonyl (C=O) groups excluding carboxylic acids is 2. The van der Waals surface area contributed by atoms with E-state index in [2.05, 4.69) is 17.1 Å². The molecule has 0 radical (unpaired) electrons. The van der Waals surface area contributed by atoms with E-state index in [1.54, 1.807) is 35.7 Å². The van der Waals surface area contributed by atoms with Gasteiger partial charge in [-0.1, -0.05) is 76.3 Å². The lowest BCUT2D eigenvalue weighted by molar-refractivity contribution is -0.116. The lowest BCUT2D eigenvalue weighted by Crippen LogP contribution is -2.31. The van der Waals surface area contributed by atoms with Gasteiger partial charge in [-0.25, -0.2) is 11.4 Å². The van der Waals surface area contributed by atoms with E-state index in [0.29, 0.717) is 22.9 Å². The van der Waals surface area contributed by atoms with Gasteiger partial charge >= 0.3 is 17.9 Å². The first-order valence-corrected chi connectivity index (χ1v) is 14.4. The largest absolute Gasteiger partial charge is 0.462 e. The van der Waals surface area contributed by atoms with Crippen LogP contribution in [0.4, 0.5) is 5.69 Å². The first-order valence-electron chi connectivity index (χ1n) is 11.9. The standard InChI is InChI=1S/C25H35ClN2O3S2/c1-3-4-5-6-7-8-9-10-11-12-15-31-24(30)19-13-14-20(26)21(18-19)28-23(29)22(27-2)25-32-16-17-33-25/h13-14,18,22,25H,3-12,15-17H2,1H3,(H,28,29). The molecule has 0 saturated carbocycles. The van der Waals surface area contributed by atoms with Crippen molar-refractivity contribution in [3.63, 3.8) is 0 Å². The van der Waals surface area contributed by atoms with Gasteiger partial charge in [0.05, 0.1) is 22.9 Å². The van der Waals surface area contributed by atoms with Gasteiger partial charge in [0.25, 0.3) is 0 Å². The summed E-state index contributed by atoms with van der Waals surface area (Å²) >= 11 is 9.48. The second-order valence-corrected chi connectivity index (χ2v) is 11.4. The Kier molecular flexibility index (Phi) is 13.8. The Bertz CT molecular complexity index is 794. The Morgan fingerprint density at radius 1 is 1.09 bits per heavy atom. The van der Waals surface area contributed by atoms with Gasteiger partial charge in [0, 0.05) is 11.5 Å². The first-order chi connectivity index (χ1) is 16.1. The molecule has 0 aliphatic carbocycles. The molecule has 1 N–H and O–H groups in total. The van der Waals surface area contributed by atoms with Gasteiger partial charge in [0.2, 0.25) is 0 Å². The quantitative estimate of drug-likeness (QED) is 0.151. The molecule has 1 aromatic rings. The highest BCUT2D eigenvalue weighted by molar-refractivity contribution is 8.20. The topological polar surface area (TPSA) is 59.8 Å². The first kappa shape index (κ1) is 27.9. The van der Waals surface area contributed by atoms with Crippen LogP contribution >= 0.6 is 35.1 Å². The maximum absolute atomic E-state index is 12.6. The van der Waals surface area contributed by atoms with Crippen LogP contribution < -0.4 is 5.32 Å². The third-order valence-corrected chi connectivity index (χ3v) is 8.96. The lowest BCUT2D eigenvalue weighted by atomic mass is 10.1. The van der Waals surface area contributed by atoms with Crippen molar-refractivity contribution in [2.75, 3.05) is 23.4 Å². The number of thioether (sulfide) groups is 2. The molecule has 182 valence electrons. The van der Waals surface area contributed by atoms with Crippen molar-refractivity contribution >= 4 is 52.7 Å². The Morgan fingerprint density at radius 2 is 1.70 bits per heavy atom. The van der Waals surface area contributed by atoms with Crippen LogP contribution in [-0.4, -0.2) is 40.6 Å². The summed E-state index contributed by atoms with van der Waals surface area (Å²) in [6.07, 6.45) is 12.2. The maximum Gasteiger partial charge on any atom is 0.338 e. The van der Waals surface area contributed by atoms with E-state index in [0.717, 1.165) is 24.3 Å². The maximum atomic E-state index is 12.6. The van der Waals surface area contributed by atoms with Crippen molar-refractivity contribution in [3.05, 3.63) is 40.2 Å². The van der Waals surface area contributed by atoms with Gasteiger partial charge in [-0.2, -0.15) is 0 Å². The van der Waals surface area contributed by atoms with Crippen molar-refractivity contribution in [1.82, 2.24) is 0 Å². The van der Waals surface area contributed by atoms with Gasteiger partial charge in [0.1, 0.15) is 4.58 Å². The predicted molar refractivity (Wildman–Crippen MR) is 141 cm³/mol. The van der Waals surface area contributed by atoms with Crippen LogP contribution in [0.25, 0.3) is 4.85 Å². The summed E-state index contributed by atoms with van der Waals surface area (Å²) in [6, 6.07) is 3.90. The normalized spacial score (nSPS) is 14.6. The van der Waals surface area contributed by atoms with Crippen LogP contribution in [0.5, 0.6) is 0 Å². The van der Waals surface area contributed by atoms with Gasteiger partial charge in [-0.3, -0.25) is 4.79 Å². The number of unbranched alkanes of at least 4 members (excludes halogenated alkanes) is 9. The van der Waals surface area contributed by atoms with E-state index in [1.807, 2.05) is 0 Å². The van der Waals surface area contributed by atoms with Crippen LogP contribution in [0.15, 0.2) is 18.2 Å². The smallest absolute Gasteiger partial charge is 0.338 e. The summed E-state index contributed by atoms with van der Waals surface area (Å²) in [4.78, 5) is 28.6. The number of rotatable bonds is 15. The molecule has 1 aromatic carbocycles. The number of hydrogen-bond acceptors (Lipinski definition) is 5. The lowest BCUT2D eigenvalue weighted by Gasteiger charge is -2.13. The summed E-state index contributed by atoms with van der Waals surface area (Å²) in [6.45, 7) is 10.0. The van der Waals surface area contributed by atoms with Crippen LogP contribution in [0.1, 0.15) is 81.5 Å². The number of nitrogens with zero attached hydrogens (tertiary/aromatic N) is 1. The zero-order valence-electron chi connectivity index (χ0n) is 19.4. The average molecular weight is 511 g/mol. The Labute approximate surface area is 211 Å². The molecule has 1 fully saturated rings. The van der Waals surface area contributed by atoms with Crippen molar-refractivity contribution in [2.45, 2.75) is 81.8 Å². The Hall–Kier alpha value is -1.36. The van der Waals surface area contributed by atoms with E-state index < -0.39 is 17.9 Å². The van der Waals surface area contributed by atoms with Crippen LogP contribution in [0.3, 0.4) is 0 Å². The van der Waals surface area contributed by atoms with Crippen molar-refractivity contribution in [3.8, 4) is 0 Å². The van der Waals surface area contributed by atoms with Crippen molar-refractivity contribution < 1.29 is 14.3 Å². The minimum Gasteiger partial charge on any atom is -0.462 e. The summed E-state index contributed by atoms with van der Waals surface area (Å²) in [5.41, 5.74) is 0.669. The molecule has 1 unspecified atom stereocenters. The van der Waals surface area contributed by atoms with E-state index in [4.69, 9.17) is 22.9 Å². The fourth-order valence-electron chi connectivity index (χ4n) is 3.59. The fraction of sp³-hybridized carbons (Fsp3) is 0.640. The summed E-state index contributed by atoms with van der Waals surface area (Å²) in [5.74, 6) is 1.06. The molecule has 2 rings (SSSR count). The highest BCUT2D eigenvalue weighted by Gasteiger charge is 2.37. The molecule has 0 aromatic heterocycles. The molecule has 1 aliphatic heterocycles. The molecule has 0 bridgehead atoms. The second kappa shape index (κ2) is 16.3. The van der Waals surface area contributed by atoms with Crippen LogP contribution in [0.2, 0.25) is 5.02 Å². The Balaban J connectivity index is 1.71. The molecule has 5 nitrogen and oxygen atoms in total. The predicted octanol–water partition coefficient (Wildman–Crippen LogP) is 7.45. The molecule has 1 saturated heterocycles. The minimum atomic E-state index is -0.787. The number of anilines is 1. The molecule has 1 atom stereocenters. The number of halogens is 1. The molecule has 1 amide bonds. The van der Waals surface area contributed by atoms with E-state index >= 15 is 0 Å². The highest BCUT2D eigenvalue weighted by Crippen LogP contribution is 2.36. The van der Waals surface area contributed by atoms with Gasteiger partial charge in [-0.05, 0) is 24.6 Å². The van der Waals surface area contributed by atoms with E-state index in [-0.39, 0.29) is 4.58 Å². The average Bonchev–Trinajstić information content (AvgIpc) is 3.33. The van der Waals surface area contributed by atoms with Crippen LogP contribution in [0, 0.1) is 6.57 Å². The number of nitrogens with one attached hydrogen (secondary N) is 1. The number of esters is 1. The third kappa shape index (κ3) is 10.2. The monoisotopic (exact) mass is 510 g/mol. The number of hydrogen-bond donors (Lipinski definition) is 1. The highest BCUT2D eigenvalue weighted by atomic mass is 35.5. The number of amides is 1. The van der Waals surface area contributed by atoms with Crippen molar-refractivity contribution in [1.29, 1.82) is 0 Å². The number of carbonyl (C=O) groups is 2. The van der Waals surface area contributed by atoms with Gasteiger partial charge in [-0.15, -0.1) is 23.5 Å². The third-order valence-electron chi connectivity index (χ3n) is 5.50. The molecular formula is C25H35ClN2O3S2. The minimum absolute atomic E-state index is 0.0736. The fourth-order valence-corrected chi connectivity index (χ4v) is 6.69. The zero-order valence-corrected chi connectivity index (χ0v) is 21.8. The zero-order chi connectivity index (χ0) is 23.9. The van der Waals surface area contributed by atoms with E-state index in [9.17, 15) is 9.59 Å². The molecule has 1 heterocycles. The van der Waals surface area contributed by atoms with Crippen LogP contribution in [-0.2, 0) is 9.53 Å². The number of benzene rings is 1. The number of ether oxygens (including phenoxy) is 1. The molecule has 0 spiro atoms. The SMILES string of the molecule is [C-]#[N+]C(C(=O)Nc1cc(C(=O)OCCCCCCCCCCCC)ccc1Cl)C1SCCS1.